The van der Waals surface area contributed by atoms with Crippen molar-refractivity contribution in [1.29, 1.82) is 0 Å². The van der Waals surface area contributed by atoms with E-state index in [1.165, 1.54) is 0 Å². The Labute approximate surface area is 170 Å². The van der Waals surface area contributed by atoms with Crippen LogP contribution in [0.5, 0.6) is 11.5 Å². The van der Waals surface area contributed by atoms with Gasteiger partial charge in [0, 0.05) is 5.56 Å². The average molecular weight is 386 g/mol. The van der Waals surface area contributed by atoms with E-state index >= 15 is 0 Å². The zero-order chi connectivity index (χ0) is 20.3. The molecule has 0 atom stereocenters. The number of nitrogens with zero attached hydrogens (tertiary/aromatic N) is 1. The van der Waals surface area contributed by atoms with E-state index in [2.05, 4.69) is 10.5 Å². The first kappa shape index (κ1) is 19.9. The second-order valence-corrected chi connectivity index (χ2v) is 6.11. The summed E-state index contributed by atoms with van der Waals surface area (Å²) in [5, 5.41) is 4.28. The van der Waals surface area contributed by atoms with Crippen LogP contribution in [0.4, 0.5) is 0 Å². The fourth-order valence-corrected chi connectivity index (χ4v) is 2.52. The summed E-state index contributed by atoms with van der Waals surface area (Å²) in [5.74, 6) is 0.962. The highest BCUT2D eigenvalue weighted by atomic mass is 16.5. The molecule has 0 heterocycles. The number of ether oxygens (including phenoxy) is 2. The van der Waals surface area contributed by atoms with Crippen LogP contribution in [0, 0.1) is 0 Å². The number of methoxy groups -OCH3 is 1. The van der Waals surface area contributed by atoms with E-state index in [1.807, 2.05) is 72.8 Å². The van der Waals surface area contributed by atoms with Crippen molar-refractivity contribution in [2.45, 2.75) is 0 Å². The third-order valence-electron chi connectivity index (χ3n) is 4.03. The van der Waals surface area contributed by atoms with Gasteiger partial charge in [0.15, 0.2) is 6.61 Å². The number of carbonyl (C=O) groups excluding carboxylic acids is 1. The molecule has 0 saturated carbocycles. The Morgan fingerprint density at radius 3 is 2.17 bits per heavy atom. The van der Waals surface area contributed by atoms with Gasteiger partial charge in [0.2, 0.25) is 0 Å². The highest BCUT2D eigenvalue weighted by Gasteiger charge is 2.04. The summed E-state index contributed by atoms with van der Waals surface area (Å²) in [4.78, 5) is 12.2. The number of allylic oxidation sites excluding steroid dienone is 1. The van der Waals surface area contributed by atoms with Gasteiger partial charge < -0.3 is 9.47 Å². The number of nitrogens with one attached hydrogen (secondary N) is 1. The molecular weight excluding hydrogens is 364 g/mol. The van der Waals surface area contributed by atoms with Crippen LogP contribution in [-0.4, -0.2) is 25.3 Å². The van der Waals surface area contributed by atoms with Crippen LogP contribution in [0.15, 0.2) is 96.1 Å². The molecule has 0 aliphatic rings. The van der Waals surface area contributed by atoms with E-state index < -0.39 is 0 Å². The smallest absolute Gasteiger partial charge is 0.277 e. The summed E-state index contributed by atoms with van der Waals surface area (Å²) in [6.07, 6.45) is 3.82. The van der Waals surface area contributed by atoms with Crippen LogP contribution >= 0.6 is 0 Å². The van der Waals surface area contributed by atoms with Crippen molar-refractivity contribution in [3.8, 4) is 11.5 Å². The van der Waals surface area contributed by atoms with Crippen molar-refractivity contribution in [3.63, 3.8) is 0 Å². The first-order valence-electron chi connectivity index (χ1n) is 9.16. The Morgan fingerprint density at radius 2 is 1.52 bits per heavy atom. The van der Waals surface area contributed by atoms with Gasteiger partial charge in [-0.2, -0.15) is 5.10 Å². The summed E-state index contributed by atoms with van der Waals surface area (Å²) in [6.45, 7) is -0.139. The summed E-state index contributed by atoms with van der Waals surface area (Å²) < 4.78 is 10.6. The Kier molecular flexibility index (Phi) is 7.18. The second kappa shape index (κ2) is 10.5. The summed E-state index contributed by atoms with van der Waals surface area (Å²) >= 11 is 0. The van der Waals surface area contributed by atoms with E-state index in [-0.39, 0.29) is 12.5 Å². The molecule has 0 unspecified atom stereocenters. The highest BCUT2D eigenvalue weighted by Crippen LogP contribution is 2.16. The minimum absolute atomic E-state index is 0.139. The number of hydrazone groups is 1. The van der Waals surface area contributed by atoms with Gasteiger partial charge in [0.1, 0.15) is 11.5 Å². The normalized spacial score (nSPS) is 11.3. The van der Waals surface area contributed by atoms with Crippen LogP contribution in [0.25, 0.3) is 6.08 Å². The van der Waals surface area contributed by atoms with Gasteiger partial charge in [0.25, 0.3) is 5.91 Å². The van der Waals surface area contributed by atoms with E-state index in [4.69, 9.17) is 9.47 Å². The van der Waals surface area contributed by atoms with E-state index in [0.717, 1.165) is 16.9 Å². The Balaban J connectivity index is 1.65. The van der Waals surface area contributed by atoms with Crippen LogP contribution in [0.2, 0.25) is 0 Å². The first-order valence-corrected chi connectivity index (χ1v) is 9.16. The number of hydrogen-bond donors (Lipinski definition) is 1. The fraction of sp³-hybridized carbons (Fsp3) is 0.0833. The maximum atomic E-state index is 12.2. The Bertz CT molecular complexity index is 966. The molecular formula is C24H22N2O3. The molecule has 0 aliphatic heterocycles. The number of amides is 1. The molecule has 0 radical (unpaired) electrons. The lowest BCUT2D eigenvalue weighted by atomic mass is 10.1. The predicted molar refractivity (Wildman–Crippen MR) is 115 cm³/mol. The third-order valence-corrected chi connectivity index (χ3v) is 4.03. The zero-order valence-electron chi connectivity index (χ0n) is 16.1. The van der Waals surface area contributed by atoms with Gasteiger partial charge in [-0.15, -0.1) is 0 Å². The highest BCUT2D eigenvalue weighted by molar-refractivity contribution is 6.11. The topological polar surface area (TPSA) is 59.9 Å². The van der Waals surface area contributed by atoms with Gasteiger partial charge in [-0.3, -0.25) is 4.79 Å². The summed E-state index contributed by atoms with van der Waals surface area (Å²) in [7, 11) is 1.60. The van der Waals surface area contributed by atoms with Crippen molar-refractivity contribution in [2.75, 3.05) is 13.7 Å². The molecule has 5 nitrogen and oxygen atoms in total. The third kappa shape index (κ3) is 6.36. The van der Waals surface area contributed by atoms with Crippen LogP contribution in [0.1, 0.15) is 11.1 Å². The Hall–Kier alpha value is -3.86. The quantitative estimate of drug-likeness (QED) is 0.464. The number of rotatable bonds is 8. The molecule has 3 aromatic rings. The largest absolute Gasteiger partial charge is 0.497 e. The monoisotopic (exact) mass is 386 g/mol. The minimum Gasteiger partial charge on any atom is -0.497 e. The molecule has 0 aromatic heterocycles. The number of carbonyl (C=O) groups is 1. The van der Waals surface area contributed by atoms with Crippen molar-refractivity contribution >= 4 is 17.7 Å². The number of hydrogen-bond acceptors (Lipinski definition) is 4. The molecule has 3 rings (SSSR count). The zero-order valence-corrected chi connectivity index (χ0v) is 16.1. The first-order chi connectivity index (χ1) is 14.2. The molecule has 5 heteroatoms. The second-order valence-electron chi connectivity index (χ2n) is 6.11. The molecule has 0 saturated heterocycles. The molecule has 3 aromatic carbocycles. The van der Waals surface area contributed by atoms with Crippen LogP contribution in [-0.2, 0) is 4.79 Å². The van der Waals surface area contributed by atoms with Crippen molar-refractivity contribution in [3.05, 3.63) is 102 Å². The van der Waals surface area contributed by atoms with E-state index in [0.29, 0.717) is 11.5 Å². The molecule has 0 aliphatic carbocycles. The Morgan fingerprint density at radius 1 is 0.897 bits per heavy atom. The number of benzene rings is 3. The minimum atomic E-state index is -0.345. The maximum absolute atomic E-state index is 12.2. The lowest BCUT2D eigenvalue weighted by molar-refractivity contribution is -0.123. The van der Waals surface area contributed by atoms with Gasteiger partial charge >= 0.3 is 0 Å². The van der Waals surface area contributed by atoms with E-state index in [9.17, 15) is 4.79 Å². The van der Waals surface area contributed by atoms with Crippen molar-refractivity contribution in [2.24, 2.45) is 5.10 Å². The maximum Gasteiger partial charge on any atom is 0.277 e. The standard InChI is InChI=1S/C24H22N2O3/c1-28-21-13-15-22(16-14-21)29-18-24(27)26-25-23(20-10-6-3-7-11-20)17-12-19-8-4-2-5-9-19/h2-17H,18H2,1H3,(H,26,27)/b17-12+,25-23-. The fourth-order valence-electron chi connectivity index (χ4n) is 2.52. The molecule has 29 heavy (non-hydrogen) atoms. The van der Waals surface area contributed by atoms with Crippen LogP contribution in [0.3, 0.4) is 0 Å². The van der Waals surface area contributed by atoms with Gasteiger partial charge in [-0.05, 0) is 35.9 Å². The predicted octanol–water partition coefficient (Wildman–Crippen LogP) is 4.31. The van der Waals surface area contributed by atoms with E-state index in [1.54, 1.807) is 31.4 Å². The van der Waals surface area contributed by atoms with Crippen LogP contribution < -0.4 is 14.9 Å². The lowest BCUT2D eigenvalue weighted by Crippen LogP contribution is -2.25. The SMILES string of the molecule is COc1ccc(OCC(=O)N/N=C(/C=C/c2ccccc2)c2ccccc2)cc1. The molecule has 0 spiro atoms. The van der Waals surface area contributed by atoms with Gasteiger partial charge in [-0.1, -0.05) is 66.7 Å². The summed E-state index contributed by atoms with van der Waals surface area (Å²) in [6, 6.07) is 26.6. The average Bonchev–Trinajstić information content (AvgIpc) is 2.79. The molecule has 0 fully saturated rings. The van der Waals surface area contributed by atoms with Crippen molar-refractivity contribution < 1.29 is 14.3 Å². The lowest BCUT2D eigenvalue weighted by Gasteiger charge is -2.07. The molecule has 0 bridgehead atoms. The van der Waals surface area contributed by atoms with Gasteiger partial charge in [0.05, 0.1) is 12.8 Å². The van der Waals surface area contributed by atoms with Gasteiger partial charge in [-0.25, -0.2) is 5.43 Å². The molecule has 1 amide bonds. The molecule has 146 valence electrons. The molecule has 1 N–H and O–H groups in total. The summed E-state index contributed by atoms with van der Waals surface area (Å²) in [5.41, 5.74) is 5.15. The van der Waals surface area contributed by atoms with Crippen molar-refractivity contribution in [1.82, 2.24) is 5.43 Å².